The van der Waals surface area contributed by atoms with E-state index in [1.807, 2.05) is 11.3 Å². The lowest BCUT2D eigenvalue weighted by Crippen LogP contribution is -1.90. The van der Waals surface area contributed by atoms with Gasteiger partial charge in [0.2, 0.25) is 0 Å². The zero-order valence-electron chi connectivity index (χ0n) is 20.6. The van der Waals surface area contributed by atoms with E-state index in [4.69, 9.17) is 0 Å². The molecular weight excluding hydrogens is 478 g/mol. The molecule has 0 saturated heterocycles. The van der Waals surface area contributed by atoms with Crippen molar-refractivity contribution < 1.29 is 0 Å². The van der Waals surface area contributed by atoms with Gasteiger partial charge in [-0.1, -0.05) is 97.1 Å². The highest BCUT2D eigenvalue weighted by Gasteiger charge is 2.12. The van der Waals surface area contributed by atoms with E-state index in [0.29, 0.717) is 0 Å². The van der Waals surface area contributed by atoms with Crippen molar-refractivity contribution in [2.24, 2.45) is 0 Å². The normalized spacial score (nSPS) is 11.7. The van der Waals surface area contributed by atoms with E-state index < -0.39 is 0 Å². The van der Waals surface area contributed by atoms with E-state index in [1.54, 1.807) is 0 Å². The van der Waals surface area contributed by atoms with Crippen molar-refractivity contribution in [1.82, 2.24) is 0 Å². The van der Waals surface area contributed by atoms with Gasteiger partial charge in [0, 0.05) is 31.5 Å². The third-order valence-corrected chi connectivity index (χ3v) is 8.75. The first-order chi connectivity index (χ1) is 18.8. The molecule has 0 aliphatic rings. The van der Waals surface area contributed by atoms with Crippen LogP contribution in [0.4, 0.5) is 11.4 Å². The van der Waals surface area contributed by atoms with Crippen molar-refractivity contribution in [2.45, 2.75) is 0 Å². The van der Waals surface area contributed by atoms with Crippen molar-refractivity contribution in [3.63, 3.8) is 0 Å². The fraction of sp³-hybridized carbons (Fsp3) is 0. The highest BCUT2D eigenvalue weighted by atomic mass is 32.1. The predicted molar refractivity (Wildman–Crippen MR) is 167 cm³/mol. The maximum Gasteiger partial charge on any atom is 0.0398 e. The number of fused-ring (bicyclic) bond motifs is 8. The van der Waals surface area contributed by atoms with Crippen LogP contribution in [0, 0.1) is 0 Å². The predicted octanol–water partition coefficient (Wildman–Crippen LogP) is 10.9. The lowest BCUT2D eigenvalue weighted by Gasteiger charge is -2.14. The van der Waals surface area contributed by atoms with Crippen LogP contribution in [0.1, 0.15) is 0 Å². The van der Waals surface area contributed by atoms with Gasteiger partial charge in [-0.25, -0.2) is 0 Å². The largest absolute Gasteiger partial charge is 0.355 e. The number of anilines is 2. The van der Waals surface area contributed by atoms with E-state index in [2.05, 4.69) is 139 Å². The van der Waals surface area contributed by atoms with Gasteiger partial charge >= 0.3 is 0 Å². The van der Waals surface area contributed by atoms with Crippen molar-refractivity contribution in [2.75, 3.05) is 5.32 Å². The summed E-state index contributed by atoms with van der Waals surface area (Å²) in [5.41, 5.74) is 4.69. The number of thiophene rings is 1. The van der Waals surface area contributed by atoms with Crippen LogP contribution in [0.15, 0.2) is 133 Å². The van der Waals surface area contributed by atoms with Crippen molar-refractivity contribution in [1.29, 1.82) is 0 Å². The van der Waals surface area contributed by atoms with E-state index in [-0.39, 0.29) is 0 Å². The molecule has 1 heterocycles. The summed E-state index contributed by atoms with van der Waals surface area (Å²) in [6, 6.07) is 48.4. The van der Waals surface area contributed by atoms with Gasteiger partial charge in [-0.3, -0.25) is 0 Å². The molecule has 0 bridgehead atoms. The van der Waals surface area contributed by atoms with Crippen LogP contribution in [0.5, 0.6) is 0 Å². The molecular formula is C36H23NS. The van der Waals surface area contributed by atoms with E-state index in [1.165, 1.54) is 63.6 Å². The second-order valence-corrected chi connectivity index (χ2v) is 10.9. The molecule has 1 aromatic heterocycles. The lowest BCUT2D eigenvalue weighted by molar-refractivity contribution is 1.57. The Hall–Kier alpha value is -4.66. The van der Waals surface area contributed by atoms with Crippen LogP contribution < -0.4 is 5.32 Å². The SMILES string of the molecule is c1ccc2c(c1)ccc1c(-c3ccc(Nc4ccc5c(c4)sc4ccccc45)cc3)cc3ccccc3c12. The van der Waals surface area contributed by atoms with Crippen LogP contribution in [-0.2, 0) is 0 Å². The minimum absolute atomic E-state index is 1.09. The van der Waals surface area contributed by atoms with Crippen molar-refractivity contribution in [3.8, 4) is 11.1 Å². The molecule has 38 heavy (non-hydrogen) atoms. The van der Waals surface area contributed by atoms with Gasteiger partial charge in [0.15, 0.2) is 0 Å². The Kier molecular flexibility index (Phi) is 4.76. The average Bonchev–Trinajstić information content (AvgIpc) is 3.35. The highest BCUT2D eigenvalue weighted by molar-refractivity contribution is 7.25. The summed E-state index contributed by atoms with van der Waals surface area (Å²) in [6.07, 6.45) is 0. The topological polar surface area (TPSA) is 12.0 Å². The Balaban J connectivity index is 1.21. The van der Waals surface area contributed by atoms with Crippen LogP contribution >= 0.6 is 11.3 Å². The first-order valence-corrected chi connectivity index (χ1v) is 13.8. The van der Waals surface area contributed by atoms with Crippen molar-refractivity contribution in [3.05, 3.63) is 133 Å². The van der Waals surface area contributed by atoms with Gasteiger partial charge in [0.25, 0.3) is 0 Å². The van der Waals surface area contributed by atoms with E-state index in [9.17, 15) is 0 Å². The molecule has 0 saturated carbocycles. The standard InChI is InChI=1S/C36H23NS/c1-3-9-28-23(7-1)15-19-32-33(21-25-8-2-4-10-29(25)36(28)32)24-13-16-26(17-14-24)37-27-18-20-31-30-11-5-6-12-34(30)38-35(31)22-27/h1-22,37H. The first kappa shape index (κ1) is 21.4. The summed E-state index contributed by atoms with van der Waals surface area (Å²) in [7, 11) is 0. The molecule has 2 heteroatoms. The Bertz CT molecular complexity index is 2140. The Morgan fingerprint density at radius 1 is 0.421 bits per heavy atom. The van der Waals surface area contributed by atoms with Crippen molar-refractivity contribution >= 4 is 75.2 Å². The third-order valence-electron chi connectivity index (χ3n) is 7.61. The quantitative estimate of drug-likeness (QED) is 0.237. The van der Waals surface area contributed by atoms with Crippen LogP contribution in [0.25, 0.3) is 63.6 Å². The molecule has 0 spiro atoms. The smallest absolute Gasteiger partial charge is 0.0398 e. The van der Waals surface area contributed by atoms with Crippen LogP contribution in [0.2, 0.25) is 0 Å². The fourth-order valence-electron chi connectivity index (χ4n) is 5.81. The van der Waals surface area contributed by atoms with Crippen LogP contribution in [-0.4, -0.2) is 0 Å². The molecule has 7 aromatic carbocycles. The number of benzene rings is 7. The van der Waals surface area contributed by atoms with Gasteiger partial charge in [-0.2, -0.15) is 0 Å². The Morgan fingerprint density at radius 2 is 1.05 bits per heavy atom. The minimum atomic E-state index is 1.09. The highest BCUT2D eigenvalue weighted by Crippen LogP contribution is 2.40. The summed E-state index contributed by atoms with van der Waals surface area (Å²) in [5.74, 6) is 0. The molecule has 1 nitrogen and oxygen atoms in total. The zero-order valence-corrected chi connectivity index (χ0v) is 21.4. The maximum absolute atomic E-state index is 3.62. The van der Waals surface area contributed by atoms with Gasteiger partial charge in [-0.05, 0) is 79.8 Å². The molecule has 0 amide bonds. The zero-order chi connectivity index (χ0) is 25.1. The summed E-state index contributed by atoms with van der Waals surface area (Å²) < 4.78 is 2.64. The molecule has 178 valence electrons. The average molecular weight is 502 g/mol. The second kappa shape index (κ2) is 8.44. The number of nitrogens with one attached hydrogen (secondary N) is 1. The van der Waals surface area contributed by atoms with E-state index in [0.717, 1.165) is 11.4 Å². The summed E-state index contributed by atoms with van der Waals surface area (Å²) in [4.78, 5) is 0. The first-order valence-electron chi connectivity index (χ1n) is 12.9. The molecule has 0 aliphatic carbocycles. The van der Waals surface area contributed by atoms with Gasteiger partial charge in [0.05, 0.1) is 0 Å². The molecule has 0 unspecified atom stereocenters. The van der Waals surface area contributed by atoms with E-state index >= 15 is 0 Å². The molecule has 0 fully saturated rings. The second-order valence-electron chi connectivity index (χ2n) is 9.87. The van der Waals surface area contributed by atoms with Crippen LogP contribution in [0.3, 0.4) is 0 Å². The third kappa shape index (κ3) is 3.38. The molecule has 0 aliphatic heterocycles. The lowest BCUT2D eigenvalue weighted by atomic mass is 9.90. The number of hydrogen-bond acceptors (Lipinski definition) is 2. The number of hydrogen-bond donors (Lipinski definition) is 1. The Labute approximate surface area is 224 Å². The number of rotatable bonds is 3. The minimum Gasteiger partial charge on any atom is -0.355 e. The molecule has 1 N–H and O–H groups in total. The Morgan fingerprint density at radius 3 is 1.89 bits per heavy atom. The monoisotopic (exact) mass is 501 g/mol. The molecule has 0 atom stereocenters. The van der Waals surface area contributed by atoms with Gasteiger partial charge < -0.3 is 5.32 Å². The summed E-state index contributed by atoms with van der Waals surface area (Å²) >= 11 is 1.85. The maximum atomic E-state index is 3.62. The fourth-order valence-corrected chi connectivity index (χ4v) is 6.96. The molecule has 8 aromatic rings. The van der Waals surface area contributed by atoms with Gasteiger partial charge in [-0.15, -0.1) is 11.3 Å². The van der Waals surface area contributed by atoms with Gasteiger partial charge in [0.1, 0.15) is 0 Å². The summed E-state index contributed by atoms with van der Waals surface area (Å²) in [5, 5.41) is 14.0. The molecule has 0 radical (unpaired) electrons. The summed E-state index contributed by atoms with van der Waals surface area (Å²) in [6.45, 7) is 0. The molecule has 8 rings (SSSR count).